The Bertz CT molecular complexity index is 791. The average Bonchev–Trinajstić information content (AvgIpc) is 3.08. The van der Waals surface area contributed by atoms with E-state index in [4.69, 9.17) is 0 Å². The molecule has 2 amide bonds. The molecule has 0 bridgehead atoms. The number of nitrogens with zero attached hydrogens (tertiary/aromatic N) is 3. The summed E-state index contributed by atoms with van der Waals surface area (Å²) in [6, 6.07) is 7.38. The van der Waals surface area contributed by atoms with E-state index >= 15 is 0 Å². The first kappa shape index (κ1) is 22.1. The Morgan fingerprint density at radius 2 is 1.87 bits per heavy atom. The average molecular weight is 431 g/mol. The molecule has 1 spiro atoms. The Labute approximate surface area is 184 Å². The van der Waals surface area contributed by atoms with E-state index in [1.807, 2.05) is 24.0 Å². The van der Waals surface area contributed by atoms with Crippen molar-refractivity contribution >= 4 is 17.5 Å². The van der Waals surface area contributed by atoms with Crippen molar-refractivity contribution in [3.63, 3.8) is 0 Å². The number of anilines is 1. The van der Waals surface area contributed by atoms with Crippen molar-refractivity contribution in [3.8, 4) is 0 Å². The molecule has 1 aromatic carbocycles. The lowest BCUT2D eigenvalue weighted by Crippen LogP contribution is -2.52. The summed E-state index contributed by atoms with van der Waals surface area (Å²) in [7, 11) is 0. The number of likely N-dealkylation sites (tertiary alicyclic amines) is 1. The van der Waals surface area contributed by atoms with Crippen molar-refractivity contribution in [3.05, 3.63) is 30.1 Å². The van der Waals surface area contributed by atoms with Crippen LogP contribution in [0.3, 0.4) is 0 Å². The lowest BCUT2D eigenvalue weighted by molar-refractivity contribution is -0.138. The first-order chi connectivity index (χ1) is 14.9. The highest BCUT2D eigenvalue weighted by atomic mass is 19.1. The fraction of sp³-hybridized carbons (Fsp3) is 0.667. The predicted molar refractivity (Wildman–Crippen MR) is 119 cm³/mol. The largest absolute Gasteiger partial charge is 0.369 e. The number of hydrogen-bond donors (Lipinski definition) is 1. The van der Waals surface area contributed by atoms with Crippen LogP contribution in [0.15, 0.2) is 24.3 Å². The summed E-state index contributed by atoms with van der Waals surface area (Å²) in [5.74, 6) is 0.184. The van der Waals surface area contributed by atoms with Crippen LogP contribution in [0.1, 0.15) is 46.0 Å². The van der Waals surface area contributed by atoms with Crippen molar-refractivity contribution < 1.29 is 14.0 Å². The third-order valence-corrected chi connectivity index (χ3v) is 7.55. The molecule has 1 N–H and O–H groups in total. The molecular weight excluding hydrogens is 395 g/mol. The number of rotatable bonds is 5. The maximum atomic E-state index is 13.2. The van der Waals surface area contributed by atoms with Gasteiger partial charge in [0.05, 0.1) is 5.41 Å². The van der Waals surface area contributed by atoms with Crippen LogP contribution in [-0.4, -0.2) is 73.0 Å². The molecule has 4 rings (SSSR count). The zero-order valence-corrected chi connectivity index (χ0v) is 18.8. The van der Waals surface area contributed by atoms with E-state index in [0.717, 1.165) is 57.5 Å². The minimum Gasteiger partial charge on any atom is -0.369 e. The second kappa shape index (κ2) is 9.15. The van der Waals surface area contributed by atoms with E-state index in [-0.39, 0.29) is 29.1 Å². The van der Waals surface area contributed by atoms with Gasteiger partial charge in [-0.3, -0.25) is 14.5 Å². The van der Waals surface area contributed by atoms with Crippen LogP contribution in [0, 0.1) is 11.2 Å². The van der Waals surface area contributed by atoms with Crippen molar-refractivity contribution in [2.45, 2.75) is 58.0 Å². The highest BCUT2D eigenvalue weighted by Crippen LogP contribution is 2.41. The maximum absolute atomic E-state index is 13.2. The van der Waals surface area contributed by atoms with Gasteiger partial charge in [-0.05, 0) is 56.9 Å². The van der Waals surface area contributed by atoms with Crippen molar-refractivity contribution in [1.29, 1.82) is 0 Å². The fourth-order valence-electron chi connectivity index (χ4n) is 5.50. The summed E-state index contributed by atoms with van der Waals surface area (Å²) in [6.07, 6.45) is 3.96. The van der Waals surface area contributed by atoms with Gasteiger partial charge in [-0.1, -0.05) is 6.92 Å². The van der Waals surface area contributed by atoms with Gasteiger partial charge < -0.3 is 15.1 Å². The smallest absolute Gasteiger partial charge is 0.226 e. The third kappa shape index (κ3) is 4.71. The lowest BCUT2D eigenvalue weighted by atomic mass is 9.75. The normalized spacial score (nSPS) is 26.4. The lowest BCUT2D eigenvalue weighted by Gasteiger charge is -2.41. The van der Waals surface area contributed by atoms with Crippen LogP contribution >= 0.6 is 0 Å². The summed E-state index contributed by atoms with van der Waals surface area (Å²) in [6.45, 7) is 9.34. The molecule has 0 aromatic heterocycles. The number of amides is 2. The molecule has 0 radical (unpaired) electrons. The summed E-state index contributed by atoms with van der Waals surface area (Å²) < 4.78 is 13.2. The molecule has 0 aliphatic carbocycles. The molecule has 0 unspecified atom stereocenters. The molecule has 3 fully saturated rings. The maximum Gasteiger partial charge on any atom is 0.226 e. The minimum atomic E-state index is -0.276. The molecule has 1 aromatic rings. The highest BCUT2D eigenvalue weighted by molar-refractivity contribution is 5.86. The van der Waals surface area contributed by atoms with Crippen molar-refractivity contribution in [1.82, 2.24) is 15.1 Å². The summed E-state index contributed by atoms with van der Waals surface area (Å²) in [5, 5.41) is 3.25. The number of nitrogens with one attached hydrogen (secondary N) is 1. The molecule has 3 aliphatic rings. The predicted octanol–water partition coefficient (Wildman–Crippen LogP) is 2.63. The molecule has 3 saturated heterocycles. The number of carbonyl (C=O) groups is 2. The van der Waals surface area contributed by atoms with Gasteiger partial charge in [-0.2, -0.15) is 0 Å². The van der Waals surface area contributed by atoms with E-state index in [9.17, 15) is 14.0 Å². The van der Waals surface area contributed by atoms with Crippen LogP contribution in [0.25, 0.3) is 0 Å². The Morgan fingerprint density at radius 1 is 1.16 bits per heavy atom. The van der Waals surface area contributed by atoms with Gasteiger partial charge >= 0.3 is 0 Å². The van der Waals surface area contributed by atoms with Gasteiger partial charge in [0, 0.05) is 63.5 Å². The van der Waals surface area contributed by atoms with Gasteiger partial charge in [-0.15, -0.1) is 0 Å². The van der Waals surface area contributed by atoms with E-state index in [1.165, 1.54) is 12.1 Å². The first-order valence-corrected chi connectivity index (χ1v) is 11.7. The number of benzene rings is 1. The Kier molecular flexibility index (Phi) is 6.51. The molecule has 2 atom stereocenters. The number of piperazine rings is 1. The SMILES string of the molecule is CCC(=O)N1CCC2(CC1)C[C@H](CCN1CCN(c3ccc(F)cc3)C[C@H]1C)NC2=O. The van der Waals surface area contributed by atoms with Crippen LogP contribution in [-0.2, 0) is 9.59 Å². The summed E-state index contributed by atoms with van der Waals surface area (Å²) >= 11 is 0. The highest BCUT2D eigenvalue weighted by Gasteiger charge is 2.48. The molecule has 3 aliphatic heterocycles. The monoisotopic (exact) mass is 430 g/mol. The number of hydrogen-bond acceptors (Lipinski definition) is 4. The second-order valence-electron chi connectivity index (χ2n) is 9.49. The summed E-state index contributed by atoms with van der Waals surface area (Å²) in [5.41, 5.74) is 0.799. The fourth-order valence-corrected chi connectivity index (χ4v) is 5.50. The Hall–Kier alpha value is -2.15. The van der Waals surface area contributed by atoms with Gasteiger partial charge in [0.1, 0.15) is 5.82 Å². The molecule has 7 heteroatoms. The zero-order chi connectivity index (χ0) is 22.0. The van der Waals surface area contributed by atoms with E-state index in [1.54, 1.807) is 0 Å². The number of halogens is 1. The van der Waals surface area contributed by atoms with Crippen LogP contribution < -0.4 is 10.2 Å². The van der Waals surface area contributed by atoms with Crippen LogP contribution in [0.2, 0.25) is 0 Å². The first-order valence-electron chi connectivity index (χ1n) is 11.7. The minimum absolute atomic E-state index is 0.190. The molecule has 0 saturated carbocycles. The molecule has 170 valence electrons. The summed E-state index contributed by atoms with van der Waals surface area (Å²) in [4.78, 5) is 31.5. The van der Waals surface area contributed by atoms with Crippen molar-refractivity contribution in [2.75, 3.05) is 44.2 Å². The van der Waals surface area contributed by atoms with Gasteiger partial charge in [0.25, 0.3) is 0 Å². The van der Waals surface area contributed by atoms with E-state index < -0.39 is 0 Å². The van der Waals surface area contributed by atoms with Gasteiger partial charge in [0.2, 0.25) is 11.8 Å². The Balaban J connectivity index is 1.25. The molecule has 31 heavy (non-hydrogen) atoms. The van der Waals surface area contributed by atoms with E-state index in [2.05, 4.69) is 22.0 Å². The van der Waals surface area contributed by atoms with Crippen molar-refractivity contribution in [2.24, 2.45) is 5.41 Å². The van der Waals surface area contributed by atoms with E-state index in [0.29, 0.717) is 25.6 Å². The Morgan fingerprint density at radius 3 is 2.52 bits per heavy atom. The topological polar surface area (TPSA) is 55.9 Å². The zero-order valence-electron chi connectivity index (χ0n) is 18.8. The number of piperidine rings is 1. The molecule has 3 heterocycles. The standard InChI is InChI=1S/C24H35FN4O2/c1-3-22(30)28-12-9-24(10-13-28)16-20(26-23(24)31)8-11-27-14-15-29(17-18(27)2)21-6-4-19(25)5-7-21/h4-7,18,20H,3,8-17H2,1-2H3,(H,26,31)/t18-,20+/m1/s1. The van der Waals surface area contributed by atoms with Gasteiger partial charge in [-0.25, -0.2) is 4.39 Å². The number of carbonyl (C=O) groups excluding carboxylic acids is 2. The molecular formula is C24H35FN4O2. The van der Waals surface area contributed by atoms with Crippen LogP contribution in [0.5, 0.6) is 0 Å². The van der Waals surface area contributed by atoms with Gasteiger partial charge in [0.15, 0.2) is 0 Å². The van der Waals surface area contributed by atoms with Crippen LogP contribution in [0.4, 0.5) is 10.1 Å². The quantitative estimate of drug-likeness (QED) is 0.780. The third-order valence-electron chi connectivity index (χ3n) is 7.55. The second-order valence-corrected chi connectivity index (χ2v) is 9.49. The molecule has 6 nitrogen and oxygen atoms in total.